The summed E-state index contributed by atoms with van der Waals surface area (Å²) in [4.78, 5) is 5.49. The highest BCUT2D eigenvalue weighted by Gasteiger charge is 2.17. The molecule has 17 heavy (non-hydrogen) atoms. The molecule has 1 fully saturated rings. The predicted octanol–water partition coefficient (Wildman–Crippen LogP) is 2.94. The van der Waals surface area contributed by atoms with E-state index in [1.807, 2.05) is 11.3 Å². The summed E-state index contributed by atoms with van der Waals surface area (Å²) in [5.41, 5.74) is 1.52. The molecule has 1 aliphatic rings. The van der Waals surface area contributed by atoms with Gasteiger partial charge in [-0.05, 0) is 51.4 Å². The molecule has 1 saturated heterocycles. The lowest BCUT2D eigenvalue weighted by Gasteiger charge is -2.24. The molecular weight excluding hydrogens is 228 g/mol. The molecule has 1 aromatic heterocycles. The summed E-state index contributed by atoms with van der Waals surface area (Å²) in [7, 11) is 0. The largest absolute Gasteiger partial charge is 0.313 e. The molecule has 0 radical (unpaired) electrons. The highest BCUT2D eigenvalue weighted by Crippen LogP contribution is 2.22. The van der Waals surface area contributed by atoms with Gasteiger partial charge in [-0.1, -0.05) is 6.92 Å². The monoisotopic (exact) mass is 252 g/mol. The molecule has 1 N–H and O–H groups in total. The number of nitrogens with zero attached hydrogens (tertiary/aromatic N) is 1. The van der Waals surface area contributed by atoms with Gasteiger partial charge in [-0.3, -0.25) is 4.90 Å². The van der Waals surface area contributed by atoms with Gasteiger partial charge in [0.15, 0.2) is 0 Å². The Morgan fingerprint density at radius 3 is 2.82 bits per heavy atom. The molecule has 1 aliphatic heterocycles. The Morgan fingerprint density at radius 2 is 2.29 bits per heavy atom. The van der Waals surface area contributed by atoms with E-state index in [1.54, 1.807) is 0 Å². The maximum absolute atomic E-state index is 3.59. The second kappa shape index (κ2) is 5.98. The lowest BCUT2D eigenvalue weighted by atomic mass is 10.2. The Hall–Kier alpha value is -0.380. The summed E-state index contributed by atoms with van der Waals surface area (Å²) in [5, 5.41) is 3.59. The van der Waals surface area contributed by atoms with Crippen molar-refractivity contribution in [3.63, 3.8) is 0 Å². The molecule has 2 nitrogen and oxygen atoms in total. The van der Waals surface area contributed by atoms with Crippen molar-refractivity contribution in [3.8, 4) is 0 Å². The Morgan fingerprint density at radius 1 is 1.47 bits per heavy atom. The van der Waals surface area contributed by atoms with Gasteiger partial charge in [-0.2, -0.15) is 0 Å². The topological polar surface area (TPSA) is 15.3 Å². The zero-order valence-corrected chi connectivity index (χ0v) is 12.1. The predicted molar refractivity (Wildman–Crippen MR) is 75.8 cm³/mol. The number of hydrogen-bond acceptors (Lipinski definition) is 3. The van der Waals surface area contributed by atoms with Crippen LogP contribution in [0, 0.1) is 13.8 Å². The first-order valence-electron chi connectivity index (χ1n) is 6.70. The van der Waals surface area contributed by atoms with Crippen molar-refractivity contribution in [3.05, 3.63) is 21.4 Å². The molecule has 0 amide bonds. The maximum atomic E-state index is 3.59. The number of aryl methyl sites for hydroxylation is 2. The molecule has 0 aromatic carbocycles. The summed E-state index contributed by atoms with van der Waals surface area (Å²) in [6.45, 7) is 11.4. The fourth-order valence-electron chi connectivity index (χ4n) is 2.61. The van der Waals surface area contributed by atoms with Crippen LogP contribution in [0.15, 0.2) is 6.07 Å². The second-order valence-corrected chi connectivity index (χ2v) is 6.52. The van der Waals surface area contributed by atoms with Gasteiger partial charge in [-0.25, -0.2) is 0 Å². The summed E-state index contributed by atoms with van der Waals surface area (Å²) in [5.74, 6) is 0. The third-order valence-electron chi connectivity index (χ3n) is 3.63. The van der Waals surface area contributed by atoms with Gasteiger partial charge in [0.25, 0.3) is 0 Å². The van der Waals surface area contributed by atoms with Gasteiger partial charge < -0.3 is 5.32 Å². The minimum Gasteiger partial charge on any atom is -0.313 e. The van der Waals surface area contributed by atoms with Crippen LogP contribution in [0.25, 0.3) is 0 Å². The molecule has 3 heteroatoms. The molecule has 2 heterocycles. The van der Waals surface area contributed by atoms with E-state index in [4.69, 9.17) is 0 Å². The summed E-state index contributed by atoms with van der Waals surface area (Å²) < 4.78 is 0. The first-order chi connectivity index (χ1) is 8.19. The third-order valence-corrected chi connectivity index (χ3v) is 4.63. The van der Waals surface area contributed by atoms with Crippen LogP contribution in [0.5, 0.6) is 0 Å². The van der Waals surface area contributed by atoms with Gasteiger partial charge in [0, 0.05) is 28.9 Å². The molecule has 0 spiro atoms. The van der Waals surface area contributed by atoms with Crippen LogP contribution >= 0.6 is 11.3 Å². The molecule has 0 bridgehead atoms. The number of nitrogens with one attached hydrogen (secondary N) is 1. The van der Waals surface area contributed by atoms with Gasteiger partial charge in [0.05, 0.1) is 0 Å². The van der Waals surface area contributed by atoms with E-state index in [0.717, 1.165) is 19.1 Å². The Bertz CT molecular complexity index is 353. The van der Waals surface area contributed by atoms with Crippen LogP contribution in [0.2, 0.25) is 0 Å². The van der Waals surface area contributed by atoms with Gasteiger partial charge in [0.1, 0.15) is 0 Å². The van der Waals surface area contributed by atoms with Crippen molar-refractivity contribution in [2.75, 3.05) is 19.6 Å². The molecule has 0 saturated carbocycles. The zero-order chi connectivity index (χ0) is 12.3. The van der Waals surface area contributed by atoms with E-state index in [9.17, 15) is 0 Å². The average molecular weight is 252 g/mol. The summed E-state index contributed by atoms with van der Waals surface area (Å²) in [6.07, 6.45) is 2.69. The van der Waals surface area contributed by atoms with Gasteiger partial charge in [0.2, 0.25) is 0 Å². The summed E-state index contributed by atoms with van der Waals surface area (Å²) >= 11 is 1.92. The Balaban J connectivity index is 1.92. The third kappa shape index (κ3) is 3.54. The van der Waals surface area contributed by atoms with E-state index in [-0.39, 0.29) is 0 Å². The maximum Gasteiger partial charge on any atom is 0.0245 e. The van der Waals surface area contributed by atoms with Crippen molar-refractivity contribution < 1.29 is 0 Å². The molecule has 0 aliphatic carbocycles. The van der Waals surface area contributed by atoms with Crippen molar-refractivity contribution in [2.24, 2.45) is 0 Å². The van der Waals surface area contributed by atoms with Crippen LogP contribution < -0.4 is 5.32 Å². The van der Waals surface area contributed by atoms with Crippen LogP contribution in [-0.4, -0.2) is 30.6 Å². The SMILES string of the molecule is CCN(Cc1cc(C)sc1C)CC1CCCN1. The lowest BCUT2D eigenvalue weighted by molar-refractivity contribution is 0.253. The van der Waals surface area contributed by atoms with Crippen LogP contribution in [0.3, 0.4) is 0 Å². The number of rotatable bonds is 5. The highest BCUT2D eigenvalue weighted by molar-refractivity contribution is 7.12. The zero-order valence-electron chi connectivity index (χ0n) is 11.3. The number of hydrogen-bond donors (Lipinski definition) is 1. The van der Waals surface area contributed by atoms with Gasteiger partial charge in [-0.15, -0.1) is 11.3 Å². The van der Waals surface area contributed by atoms with Crippen molar-refractivity contribution >= 4 is 11.3 Å². The van der Waals surface area contributed by atoms with E-state index in [2.05, 4.69) is 37.1 Å². The Labute approximate surface area is 109 Å². The fourth-order valence-corrected chi connectivity index (χ4v) is 3.55. The number of thiophene rings is 1. The van der Waals surface area contributed by atoms with Crippen molar-refractivity contribution in [1.82, 2.24) is 10.2 Å². The average Bonchev–Trinajstić information content (AvgIpc) is 2.88. The normalized spacial score (nSPS) is 20.4. The minimum atomic E-state index is 0.718. The standard InChI is InChI=1S/C14H24N2S/c1-4-16(10-14-6-5-7-15-14)9-13-8-11(2)17-12(13)3/h8,14-15H,4-7,9-10H2,1-3H3. The van der Waals surface area contributed by atoms with E-state index < -0.39 is 0 Å². The molecule has 1 atom stereocenters. The lowest BCUT2D eigenvalue weighted by Crippen LogP contribution is -2.37. The molecule has 2 rings (SSSR count). The smallest absolute Gasteiger partial charge is 0.0245 e. The fraction of sp³-hybridized carbons (Fsp3) is 0.714. The molecule has 1 unspecified atom stereocenters. The molecule has 1 aromatic rings. The quantitative estimate of drug-likeness (QED) is 0.867. The molecular formula is C14H24N2S. The number of likely N-dealkylation sites (N-methyl/N-ethyl adjacent to an activating group) is 1. The van der Waals surface area contributed by atoms with E-state index >= 15 is 0 Å². The van der Waals surface area contributed by atoms with Crippen molar-refractivity contribution in [1.29, 1.82) is 0 Å². The highest BCUT2D eigenvalue weighted by atomic mass is 32.1. The van der Waals surface area contributed by atoms with E-state index in [0.29, 0.717) is 0 Å². The second-order valence-electron chi connectivity index (χ2n) is 5.06. The first-order valence-corrected chi connectivity index (χ1v) is 7.52. The summed E-state index contributed by atoms with van der Waals surface area (Å²) in [6, 6.07) is 3.07. The van der Waals surface area contributed by atoms with Gasteiger partial charge >= 0.3 is 0 Å². The molecule has 96 valence electrons. The van der Waals surface area contributed by atoms with Crippen LogP contribution in [0.1, 0.15) is 35.1 Å². The van der Waals surface area contributed by atoms with Crippen molar-refractivity contribution in [2.45, 2.75) is 46.2 Å². The van der Waals surface area contributed by atoms with Crippen LogP contribution in [0.4, 0.5) is 0 Å². The van der Waals surface area contributed by atoms with E-state index in [1.165, 1.54) is 41.2 Å². The van der Waals surface area contributed by atoms with Crippen LogP contribution in [-0.2, 0) is 6.54 Å². The Kier molecular flexibility index (Phi) is 4.60. The first kappa shape index (κ1) is 13.1. The minimum absolute atomic E-state index is 0.718.